The van der Waals surface area contributed by atoms with Crippen LogP contribution in [0.2, 0.25) is 0 Å². The Hall–Kier alpha value is -2.08. The lowest BCUT2D eigenvalue weighted by Gasteiger charge is -2.25. The smallest absolute Gasteiger partial charge is 0.315 e. The molecule has 6 heteroatoms. The summed E-state index contributed by atoms with van der Waals surface area (Å²) in [6, 6.07) is 5.36. The van der Waals surface area contributed by atoms with Gasteiger partial charge in [-0.2, -0.15) is 0 Å². The molecule has 0 bridgehead atoms. The number of carbonyl (C=O) groups is 1. The number of hydrogen-bond donors (Lipinski definition) is 3. The fourth-order valence-electron chi connectivity index (χ4n) is 2.55. The summed E-state index contributed by atoms with van der Waals surface area (Å²) in [5, 5.41) is 15.0. The van der Waals surface area contributed by atoms with E-state index in [9.17, 15) is 9.90 Å². The molecule has 2 amide bonds. The lowest BCUT2D eigenvalue weighted by Crippen LogP contribution is -2.45. The molecule has 1 atom stereocenters. The van der Waals surface area contributed by atoms with Crippen LogP contribution in [-0.2, 0) is 6.42 Å². The number of amides is 2. The molecule has 23 heavy (non-hydrogen) atoms. The van der Waals surface area contributed by atoms with Crippen molar-refractivity contribution in [1.82, 2.24) is 20.0 Å². The Morgan fingerprint density at radius 3 is 2.83 bits per heavy atom. The van der Waals surface area contributed by atoms with E-state index in [1.54, 1.807) is 0 Å². The van der Waals surface area contributed by atoms with Crippen LogP contribution in [0.1, 0.15) is 32.9 Å². The number of nitrogens with one attached hydrogen (secondary N) is 2. The van der Waals surface area contributed by atoms with Gasteiger partial charge in [-0.05, 0) is 24.0 Å². The van der Waals surface area contributed by atoms with E-state index in [-0.39, 0.29) is 24.1 Å². The van der Waals surface area contributed by atoms with E-state index in [2.05, 4.69) is 36.4 Å². The van der Waals surface area contributed by atoms with Gasteiger partial charge in [-0.15, -0.1) is 0 Å². The Morgan fingerprint density at radius 1 is 1.39 bits per heavy atom. The normalized spacial score (nSPS) is 13.0. The highest BCUT2D eigenvalue weighted by atomic mass is 16.3. The van der Waals surface area contributed by atoms with E-state index in [4.69, 9.17) is 0 Å². The van der Waals surface area contributed by atoms with Crippen LogP contribution in [0.3, 0.4) is 0 Å². The molecule has 0 aliphatic heterocycles. The van der Waals surface area contributed by atoms with Gasteiger partial charge in [0.15, 0.2) is 0 Å². The Morgan fingerprint density at radius 2 is 2.17 bits per heavy atom. The first-order valence-corrected chi connectivity index (χ1v) is 7.95. The van der Waals surface area contributed by atoms with Crippen LogP contribution < -0.4 is 10.6 Å². The SMILES string of the molecule is CC(C)(C)CC(CO)NC(=O)NCCc1cn2ccccc2n1. The van der Waals surface area contributed by atoms with E-state index >= 15 is 0 Å². The van der Waals surface area contributed by atoms with Crippen molar-refractivity contribution in [2.75, 3.05) is 13.2 Å². The zero-order valence-corrected chi connectivity index (χ0v) is 14.0. The number of fused-ring (bicyclic) bond motifs is 1. The van der Waals surface area contributed by atoms with Crippen LogP contribution >= 0.6 is 0 Å². The molecule has 0 aliphatic rings. The molecule has 126 valence electrons. The highest BCUT2D eigenvalue weighted by Gasteiger charge is 2.19. The van der Waals surface area contributed by atoms with Gasteiger partial charge in [0.1, 0.15) is 5.65 Å². The Bertz CT molecular complexity index is 612. The quantitative estimate of drug-likeness (QED) is 0.762. The summed E-state index contributed by atoms with van der Waals surface area (Å²) in [4.78, 5) is 16.4. The van der Waals surface area contributed by atoms with E-state index in [1.165, 1.54) is 0 Å². The van der Waals surface area contributed by atoms with Crippen molar-refractivity contribution in [3.63, 3.8) is 0 Å². The van der Waals surface area contributed by atoms with Crippen LogP contribution in [0.4, 0.5) is 4.79 Å². The second-order valence-corrected chi connectivity index (χ2v) is 6.99. The van der Waals surface area contributed by atoms with E-state index in [0.717, 1.165) is 17.8 Å². The van der Waals surface area contributed by atoms with Crippen molar-refractivity contribution in [3.05, 3.63) is 36.3 Å². The second kappa shape index (κ2) is 7.46. The van der Waals surface area contributed by atoms with Gasteiger partial charge in [0.25, 0.3) is 0 Å². The average molecular weight is 318 g/mol. The van der Waals surface area contributed by atoms with E-state index in [1.807, 2.05) is 35.0 Å². The molecule has 0 saturated heterocycles. The minimum Gasteiger partial charge on any atom is -0.394 e. The van der Waals surface area contributed by atoms with Gasteiger partial charge in [0, 0.05) is 25.4 Å². The number of carbonyl (C=O) groups excluding carboxylic acids is 1. The van der Waals surface area contributed by atoms with Gasteiger partial charge in [0.05, 0.1) is 18.3 Å². The van der Waals surface area contributed by atoms with Gasteiger partial charge >= 0.3 is 6.03 Å². The maximum absolute atomic E-state index is 11.9. The molecular formula is C17H26N4O2. The lowest BCUT2D eigenvalue weighted by atomic mass is 9.88. The standard InChI is InChI=1S/C17H26N4O2/c1-17(2,3)10-14(12-22)20-16(23)18-8-7-13-11-21-9-5-4-6-15(21)19-13/h4-6,9,11,14,22H,7-8,10,12H2,1-3H3,(H2,18,20,23). The Balaban J connectivity index is 1.77. The summed E-state index contributed by atoms with van der Waals surface area (Å²) >= 11 is 0. The van der Waals surface area contributed by atoms with Crippen LogP contribution in [0.15, 0.2) is 30.6 Å². The van der Waals surface area contributed by atoms with Crippen molar-refractivity contribution in [3.8, 4) is 0 Å². The van der Waals surface area contributed by atoms with Crippen molar-refractivity contribution >= 4 is 11.7 Å². The number of aliphatic hydroxyl groups excluding tert-OH is 1. The van der Waals surface area contributed by atoms with Crippen LogP contribution in [0.25, 0.3) is 5.65 Å². The second-order valence-electron chi connectivity index (χ2n) is 6.99. The third-order valence-corrected chi connectivity index (χ3v) is 3.49. The van der Waals surface area contributed by atoms with Crippen LogP contribution in [-0.4, -0.2) is 39.7 Å². The van der Waals surface area contributed by atoms with Gasteiger partial charge in [0.2, 0.25) is 0 Å². The van der Waals surface area contributed by atoms with E-state index in [0.29, 0.717) is 13.0 Å². The predicted octanol–water partition coefficient (Wildman–Crippen LogP) is 1.97. The maximum Gasteiger partial charge on any atom is 0.315 e. The first-order valence-electron chi connectivity index (χ1n) is 7.95. The third kappa shape index (κ3) is 5.56. The molecule has 0 aliphatic carbocycles. The summed E-state index contributed by atoms with van der Waals surface area (Å²) in [5.74, 6) is 0. The van der Waals surface area contributed by atoms with Gasteiger partial charge in [-0.25, -0.2) is 9.78 Å². The number of urea groups is 1. The van der Waals surface area contributed by atoms with Crippen LogP contribution in [0, 0.1) is 5.41 Å². The van der Waals surface area contributed by atoms with Crippen molar-refractivity contribution in [2.24, 2.45) is 5.41 Å². The number of hydrogen-bond acceptors (Lipinski definition) is 3. The molecule has 0 fully saturated rings. The topological polar surface area (TPSA) is 78.7 Å². The van der Waals surface area contributed by atoms with Gasteiger partial charge < -0.3 is 20.1 Å². The molecule has 2 aromatic heterocycles. The van der Waals surface area contributed by atoms with Gasteiger partial charge in [-0.3, -0.25) is 0 Å². The van der Waals surface area contributed by atoms with Crippen LogP contribution in [0.5, 0.6) is 0 Å². The Labute approximate surface area is 136 Å². The lowest BCUT2D eigenvalue weighted by molar-refractivity contribution is 0.191. The fraction of sp³-hybridized carbons (Fsp3) is 0.529. The molecule has 0 saturated carbocycles. The molecule has 0 radical (unpaired) electrons. The molecule has 6 nitrogen and oxygen atoms in total. The predicted molar refractivity (Wildman–Crippen MR) is 90.4 cm³/mol. The van der Waals surface area contributed by atoms with Crippen molar-refractivity contribution in [2.45, 2.75) is 39.7 Å². The zero-order chi connectivity index (χ0) is 16.9. The Kier molecular flexibility index (Phi) is 5.60. The molecular weight excluding hydrogens is 292 g/mol. The number of nitrogens with zero attached hydrogens (tertiary/aromatic N) is 2. The molecule has 0 aromatic carbocycles. The average Bonchev–Trinajstić information content (AvgIpc) is 2.87. The number of pyridine rings is 1. The van der Waals surface area contributed by atoms with Crippen molar-refractivity contribution in [1.29, 1.82) is 0 Å². The number of aromatic nitrogens is 2. The number of aliphatic hydroxyl groups is 1. The molecule has 0 spiro atoms. The van der Waals surface area contributed by atoms with E-state index < -0.39 is 0 Å². The summed E-state index contributed by atoms with van der Waals surface area (Å²) in [5.41, 5.74) is 1.89. The summed E-state index contributed by atoms with van der Waals surface area (Å²) in [6.45, 7) is 6.69. The molecule has 2 aromatic rings. The maximum atomic E-state index is 11.9. The summed E-state index contributed by atoms with van der Waals surface area (Å²) in [6.07, 6.45) is 5.30. The number of imidazole rings is 1. The third-order valence-electron chi connectivity index (χ3n) is 3.49. The highest BCUT2D eigenvalue weighted by molar-refractivity contribution is 5.74. The minimum absolute atomic E-state index is 0.0528. The first kappa shape index (κ1) is 17.3. The summed E-state index contributed by atoms with van der Waals surface area (Å²) < 4.78 is 1.96. The monoisotopic (exact) mass is 318 g/mol. The molecule has 2 rings (SSSR count). The first-order chi connectivity index (χ1) is 10.9. The zero-order valence-electron chi connectivity index (χ0n) is 14.0. The van der Waals surface area contributed by atoms with Crippen molar-refractivity contribution < 1.29 is 9.90 Å². The molecule has 1 unspecified atom stereocenters. The number of rotatable bonds is 6. The fourth-order valence-corrected chi connectivity index (χ4v) is 2.55. The molecule has 3 N–H and O–H groups in total. The minimum atomic E-state index is -0.253. The summed E-state index contributed by atoms with van der Waals surface area (Å²) in [7, 11) is 0. The molecule has 2 heterocycles. The highest BCUT2D eigenvalue weighted by Crippen LogP contribution is 2.20. The van der Waals surface area contributed by atoms with Gasteiger partial charge in [-0.1, -0.05) is 26.8 Å². The largest absolute Gasteiger partial charge is 0.394 e.